The van der Waals surface area contributed by atoms with Crippen molar-refractivity contribution in [2.75, 3.05) is 6.61 Å². The maximum atomic E-state index is 8.70. The third-order valence-electron chi connectivity index (χ3n) is 4.35. The first kappa shape index (κ1) is 19.2. The van der Waals surface area contributed by atoms with E-state index in [-0.39, 0.29) is 0 Å². The fourth-order valence-corrected chi connectivity index (χ4v) is 2.93. The fourth-order valence-electron chi connectivity index (χ4n) is 2.93. The first-order chi connectivity index (χ1) is 10.9. The summed E-state index contributed by atoms with van der Waals surface area (Å²) in [6.07, 6.45) is 21.7. The molecule has 0 spiro atoms. The minimum absolute atomic E-state index is 0.365. The topological polar surface area (TPSA) is 24.1 Å². The Kier molecular flexibility index (Phi) is 13.1. The average Bonchev–Trinajstić information content (AvgIpc) is 2.56. The molecule has 0 aliphatic heterocycles. The molecule has 0 saturated carbocycles. The van der Waals surface area contributed by atoms with Gasteiger partial charge in [0.25, 0.3) is 0 Å². The van der Waals surface area contributed by atoms with Crippen molar-refractivity contribution in [3.05, 3.63) is 30.6 Å². The normalized spacial score (nSPS) is 11.0. The summed E-state index contributed by atoms with van der Waals surface area (Å²) >= 11 is 0. The maximum absolute atomic E-state index is 8.70. The quantitative estimate of drug-likeness (QED) is 0.356. The van der Waals surface area contributed by atoms with Crippen LogP contribution in [0.5, 0.6) is 0 Å². The Labute approximate surface area is 137 Å². The molecule has 0 aliphatic carbocycles. The second-order valence-electron chi connectivity index (χ2n) is 6.43. The maximum Gasteiger partial charge on any atom is 0.168 e. The van der Waals surface area contributed by atoms with Crippen molar-refractivity contribution in [3.8, 4) is 0 Å². The van der Waals surface area contributed by atoms with E-state index in [1.54, 1.807) is 0 Å². The number of aryl methyl sites for hydroxylation is 1. The number of aliphatic hydroxyl groups excluding tert-OH is 1. The van der Waals surface area contributed by atoms with Crippen LogP contribution in [0.3, 0.4) is 0 Å². The molecule has 1 N–H and O–H groups in total. The van der Waals surface area contributed by atoms with E-state index in [0.717, 1.165) is 13.0 Å². The number of pyridine rings is 1. The molecule has 0 bridgehead atoms. The van der Waals surface area contributed by atoms with Crippen LogP contribution in [0.2, 0.25) is 0 Å². The van der Waals surface area contributed by atoms with Gasteiger partial charge in [-0.1, -0.05) is 70.3 Å². The number of unbranched alkanes of at least 4 members (excludes halogenated alkanes) is 12. The molecule has 0 atom stereocenters. The van der Waals surface area contributed by atoms with Gasteiger partial charge in [0.15, 0.2) is 12.4 Å². The molecule has 1 aromatic rings. The van der Waals surface area contributed by atoms with Gasteiger partial charge in [-0.2, -0.15) is 0 Å². The Balaban J connectivity index is 1.73. The minimum atomic E-state index is 0.365. The molecule has 126 valence electrons. The number of hydrogen-bond donors (Lipinski definition) is 1. The molecule has 0 unspecified atom stereocenters. The molecule has 0 fully saturated rings. The zero-order chi connectivity index (χ0) is 15.7. The van der Waals surface area contributed by atoms with Crippen molar-refractivity contribution >= 4 is 0 Å². The summed E-state index contributed by atoms with van der Waals surface area (Å²) in [7, 11) is 0. The van der Waals surface area contributed by atoms with Crippen LogP contribution in [0.15, 0.2) is 30.6 Å². The predicted molar refractivity (Wildman–Crippen MR) is 93.7 cm³/mol. The molecule has 1 rings (SSSR count). The summed E-state index contributed by atoms with van der Waals surface area (Å²) in [6.45, 7) is 1.53. The lowest BCUT2D eigenvalue weighted by molar-refractivity contribution is -0.697. The molecule has 0 amide bonds. The van der Waals surface area contributed by atoms with Gasteiger partial charge in [0.1, 0.15) is 6.54 Å². The molecule has 2 nitrogen and oxygen atoms in total. The van der Waals surface area contributed by atoms with Crippen LogP contribution in [0, 0.1) is 0 Å². The number of rotatable bonds is 15. The zero-order valence-corrected chi connectivity index (χ0v) is 14.4. The van der Waals surface area contributed by atoms with Gasteiger partial charge in [0.05, 0.1) is 0 Å². The van der Waals surface area contributed by atoms with Gasteiger partial charge < -0.3 is 5.11 Å². The summed E-state index contributed by atoms with van der Waals surface area (Å²) in [6, 6.07) is 6.28. The highest BCUT2D eigenvalue weighted by atomic mass is 16.2. The number of nitrogens with zero attached hydrogens (tertiary/aromatic N) is 1. The molecular weight excluding hydrogens is 270 g/mol. The molecule has 0 radical (unpaired) electrons. The van der Waals surface area contributed by atoms with E-state index in [0.29, 0.717) is 6.61 Å². The monoisotopic (exact) mass is 306 g/mol. The first-order valence-corrected chi connectivity index (χ1v) is 9.48. The summed E-state index contributed by atoms with van der Waals surface area (Å²) in [4.78, 5) is 0. The van der Waals surface area contributed by atoms with Crippen molar-refractivity contribution in [1.29, 1.82) is 0 Å². The predicted octanol–water partition coefficient (Wildman–Crippen LogP) is 5.04. The highest BCUT2D eigenvalue weighted by Crippen LogP contribution is 2.12. The lowest BCUT2D eigenvalue weighted by Gasteiger charge is -2.02. The Morgan fingerprint density at radius 1 is 0.500 bits per heavy atom. The average molecular weight is 307 g/mol. The van der Waals surface area contributed by atoms with Crippen molar-refractivity contribution in [1.82, 2.24) is 0 Å². The van der Waals surface area contributed by atoms with Gasteiger partial charge in [-0.15, -0.1) is 0 Å². The highest BCUT2D eigenvalue weighted by Gasteiger charge is 1.98. The Morgan fingerprint density at radius 3 is 1.36 bits per heavy atom. The van der Waals surface area contributed by atoms with Gasteiger partial charge >= 0.3 is 0 Å². The number of hydrogen-bond acceptors (Lipinski definition) is 1. The third-order valence-corrected chi connectivity index (χ3v) is 4.35. The lowest BCUT2D eigenvalue weighted by atomic mass is 10.0. The molecule has 0 aliphatic rings. The van der Waals surface area contributed by atoms with Crippen LogP contribution in [0.1, 0.15) is 83.5 Å². The highest BCUT2D eigenvalue weighted by molar-refractivity contribution is 4.83. The summed E-state index contributed by atoms with van der Waals surface area (Å²) in [5.41, 5.74) is 0. The van der Waals surface area contributed by atoms with Crippen LogP contribution >= 0.6 is 0 Å². The van der Waals surface area contributed by atoms with E-state index in [2.05, 4.69) is 35.2 Å². The van der Waals surface area contributed by atoms with Gasteiger partial charge in [-0.3, -0.25) is 0 Å². The van der Waals surface area contributed by atoms with Gasteiger partial charge in [0, 0.05) is 25.2 Å². The first-order valence-electron chi connectivity index (χ1n) is 9.48. The molecule has 1 heterocycles. The largest absolute Gasteiger partial charge is 0.396 e. The van der Waals surface area contributed by atoms with Crippen LogP contribution < -0.4 is 4.57 Å². The molecule has 2 heteroatoms. The standard InChI is InChI=1S/C20H36NO/c22-20-16-11-9-7-5-3-1-2-4-6-8-10-13-17-21-18-14-12-15-19-21/h12,14-15,18-19,22H,1-11,13,16-17,20H2/q+1. The van der Waals surface area contributed by atoms with Crippen molar-refractivity contribution in [2.45, 2.75) is 90.0 Å². The van der Waals surface area contributed by atoms with Crippen molar-refractivity contribution in [3.63, 3.8) is 0 Å². The van der Waals surface area contributed by atoms with E-state index in [4.69, 9.17) is 5.11 Å². The number of aromatic nitrogens is 1. The fraction of sp³-hybridized carbons (Fsp3) is 0.750. The van der Waals surface area contributed by atoms with E-state index < -0.39 is 0 Å². The van der Waals surface area contributed by atoms with E-state index >= 15 is 0 Å². The summed E-state index contributed by atoms with van der Waals surface area (Å²) in [5.74, 6) is 0. The van der Waals surface area contributed by atoms with E-state index in [1.807, 2.05) is 0 Å². The molecule has 0 saturated heterocycles. The van der Waals surface area contributed by atoms with Crippen LogP contribution in [0.25, 0.3) is 0 Å². The third kappa shape index (κ3) is 11.7. The Hall–Kier alpha value is -0.890. The molecule has 22 heavy (non-hydrogen) atoms. The van der Waals surface area contributed by atoms with Gasteiger partial charge in [0.2, 0.25) is 0 Å². The van der Waals surface area contributed by atoms with Gasteiger partial charge in [-0.05, 0) is 12.8 Å². The molecule has 1 aromatic heterocycles. The summed E-state index contributed by atoms with van der Waals surface area (Å²) in [5, 5.41) is 8.70. The van der Waals surface area contributed by atoms with Crippen LogP contribution in [0.4, 0.5) is 0 Å². The second kappa shape index (κ2) is 15.0. The van der Waals surface area contributed by atoms with E-state index in [1.165, 1.54) is 77.0 Å². The minimum Gasteiger partial charge on any atom is -0.396 e. The Morgan fingerprint density at radius 2 is 0.909 bits per heavy atom. The Bertz CT molecular complexity index is 326. The zero-order valence-electron chi connectivity index (χ0n) is 14.4. The van der Waals surface area contributed by atoms with E-state index in [9.17, 15) is 0 Å². The smallest absolute Gasteiger partial charge is 0.168 e. The van der Waals surface area contributed by atoms with Gasteiger partial charge in [-0.25, -0.2) is 4.57 Å². The van der Waals surface area contributed by atoms with Crippen LogP contribution in [-0.4, -0.2) is 11.7 Å². The number of aliphatic hydroxyl groups is 1. The second-order valence-corrected chi connectivity index (χ2v) is 6.43. The summed E-state index contributed by atoms with van der Waals surface area (Å²) < 4.78 is 2.28. The molecule has 0 aromatic carbocycles. The SMILES string of the molecule is OCCCCCCCCCCCCCCC[n+]1ccccc1. The van der Waals surface area contributed by atoms with Crippen LogP contribution in [-0.2, 0) is 6.54 Å². The van der Waals surface area contributed by atoms with Crippen molar-refractivity contribution < 1.29 is 9.67 Å². The molecular formula is C20H36NO+. The lowest BCUT2D eigenvalue weighted by Crippen LogP contribution is -2.32. The van der Waals surface area contributed by atoms with Crippen molar-refractivity contribution in [2.24, 2.45) is 0 Å².